The van der Waals surface area contributed by atoms with E-state index in [1.807, 2.05) is 0 Å². The standard InChI is InChI=1S/C27H39N3O2.C4H5N3.CH4O/c1-3-32-17-18-4-6-21-20(12-18)5-7-23-22(21)10-11-27(2)24(23)8-9-25(27)26(31)16-30-15-19(13-28)14-29-30;5-1-4(2-6)3-7;1-2/h14-15,18,20-25H,3-12,16-17H2,1-2H3;1-2,5H,6H2;2H,1H3/b;4-2+,5-1?;. The highest BCUT2D eigenvalue weighted by atomic mass is 16.5. The van der Waals surface area contributed by atoms with Crippen LogP contribution in [0.5, 0.6) is 0 Å². The van der Waals surface area contributed by atoms with Crippen molar-refractivity contribution >= 4 is 12.0 Å². The number of fused-ring (bicyclic) bond motifs is 5. The van der Waals surface area contributed by atoms with Crippen molar-refractivity contribution in [3.63, 3.8) is 0 Å². The molecule has 4 N–H and O–H groups in total. The van der Waals surface area contributed by atoms with E-state index in [1.165, 1.54) is 51.4 Å². The highest BCUT2D eigenvalue weighted by Crippen LogP contribution is 2.64. The minimum atomic E-state index is 0.155. The molecule has 5 rings (SSSR count). The van der Waals surface area contributed by atoms with Crippen LogP contribution >= 0.6 is 0 Å². The Bertz CT molecular complexity index is 1130. The number of rotatable bonds is 7. The quantitative estimate of drug-likeness (QED) is 0.315. The second kappa shape index (κ2) is 15.3. The van der Waals surface area contributed by atoms with Gasteiger partial charge in [0, 0.05) is 44.9 Å². The SMILES string of the molecule is CCOCC1CCC2C(CCC3C2CCC2(C)C(C(=O)Cn4cc(C#N)cn4)CCC32)C1.CO.N#C/C(C=N)=C/N. The summed E-state index contributed by atoms with van der Waals surface area (Å²) in [5, 5.41) is 34.7. The number of allylic oxidation sites excluding steroid dienone is 1. The van der Waals surface area contributed by atoms with Gasteiger partial charge in [-0.2, -0.15) is 15.6 Å². The van der Waals surface area contributed by atoms with Gasteiger partial charge in [0.15, 0.2) is 5.78 Å². The van der Waals surface area contributed by atoms with Crippen molar-refractivity contribution in [1.29, 1.82) is 15.9 Å². The molecule has 1 aromatic heterocycles. The molecule has 4 fully saturated rings. The second-order valence-electron chi connectivity index (χ2n) is 12.3. The number of carbonyl (C=O) groups excluding carboxylic acids is 1. The maximum absolute atomic E-state index is 13.3. The lowest BCUT2D eigenvalue weighted by Gasteiger charge is -2.56. The molecule has 0 radical (unpaired) electrons. The molecule has 0 aromatic carbocycles. The molecule has 4 saturated carbocycles. The molecule has 1 aromatic rings. The smallest absolute Gasteiger partial charge is 0.157 e. The van der Waals surface area contributed by atoms with Crippen LogP contribution in [0.15, 0.2) is 24.2 Å². The summed E-state index contributed by atoms with van der Waals surface area (Å²) >= 11 is 0. The van der Waals surface area contributed by atoms with Crippen LogP contribution in [0.25, 0.3) is 0 Å². The molecule has 41 heavy (non-hydrogen) atoms. The zero-order valence-corrected chi connectivity index (χ0v) is 25.0. The molecule has 8 atom stereocenters. The first-order valence-corrected chi connectivity index (χ1v) is 15.2. The lowest BCUT2D eigenvalue weighted by atomic mass is 9.49. The predicted octanol–water partition coefficient (Wildman–Crippen LogP) is 4.86. The van der Waals surface area contributed by atoms with E-state index in [4.69, 9.17) is 31.5 Å². The second-order valence-corrected chi connectivity index (χ2v) is 12.3. The number of Topliss-reactive ketones (excluding diaryl/α,β-unsaturated/α-hetero) is 1. The summed E-state index contributed by atoms with van der Waals surface area (Å²) in [5.41, 5.74) is 5.72. The number of hydrogen-bond donors (Lipinski definition) is 3. The first-order valence-electron chi connectivity index (χ1n) is 15.2. The Morgan fingerprint density at radius 2 is 1.95 bits per heavy atom. The van der Waals surface area contributed by atoms with Crippen LogP contribution in [0.3, 0.4) is 0 Å². The third-order valence-electron chi connectivity index (χ3n) is 10.6. The van der Waals surface area contributed by atoms with E-state index < -0.39 is 0 Å². The van der Waals surface area contributed by atoms with Gasteiger partial charge in [0.2, 0.25) is 0 Å². The van der Waals surface area contributed by atoms with Crippen molar-refractivity contribution in [3.8, 4) is 12.1 Å². The molecule has 0 bridgehead atoms. The maximum Gasteiger partial charge on any atom is 0.157 e. The first kappa shape index (κ1) is 32.5. The molecule has 0 amide bonds. The molecule has 8 unspecified atom stereocenters. The molecule has 224 valence electrons. The predicted molar refractivity (Wildman–Crippen MR) is 157 cm³/mol. The number of aromatic nitrogens is 2. The van der Waals surface area contributed by atoms with Gasteiger partial charge in [0.05, 0.1) is 23.9 Å². The van der Waals surface area contributed by atoms with Gasteiger partial charge in [-0.05, 0) is 106 Å². The molecule has 4 aliphatic carbocycles. The van der Waals surface area contributed by atoms with E-state index in [9.17, 15) is 4.79 Å². The van der Waals surface area contributed by atoms with Crippen molar-refractivity contribution in [2.75, 3.05) is 20.3 Å². The number of ether oxygens (including phenoxy) is 1. The summed E-state index contributed by atoms with van der Waals surface area (Å²) in [5.74, 6) is 5.51. The third kappa shape index (κ3) is 7.26. The minimum absolute atomic E-state index is 0.155. The van der Waals surface area contributed by atoms with Crippen LogP contribution in [-0.4, -0.2) is 47.2 Å². The van der Waals surface area contributed by atoms with Crippen molar-refractivity contribution < 1.29 is 14.6 Å². The fourth-order valence-electron chi connectivity index (χ4n) is 8.81. The van der Waals surface area contributed by atoms with Crippen molar-refractivity contribution in [2.24, 2.45) is 52.6 Å². The number of aliphatic hydroxyl groups excluding tert-OH is 1. The van der Waals surface area contributed by atoms with E-state index in [-0.39, 0.29) is 16.9 Å². The number of hydrogen-bond acceptors (Lipinski definition) is 8. The molecule has 9 heteroatoms. The number of ketones is 1. The van der Waals surface area contributed by atoms with Gasteiger partial charge >= 0.3 is 0 Å². The summed E-state index contributed by atoms with van der Waals surface area (Å²) in [6, 6.07) is 3.80. The molecule has 0 aliphatic heterocycles. The lowest BCUT2D eigenvalue weighted by molar-refractivity contribution is -0.131. The molecule has 0 spiro atoms. The van der Waals surface area contributed by atoms with E-state index in [1.54, 1.807) is 23.1 Å². The molecular weight excluding hydrogens is 516 g/mol. The molecule has 9 nitrogen and oxygen atoms in total. The fourth-order valence-corrected chi connectivity index (χ4v) is 8.81. The van der Waals surface area contributed by atoms with Crippen LogP contribution in [-0.2, 0) is 16.1 Å². The summed E-state index contributed by atoms with van der Waals surface area (Å²) in [4.78, 5) is 13.3. The molecule has 1 heterocycles. The first-order chi connectivity index (χ1) is 19.9. The van der Waals surface area contributed by atoms with Gasteiger partial charge in [-0.15, -0.1) is 0 Å². The Hall–Kier alpha value is -3.01. The van der Waals surface area contributed by atoms with Crippen LogP contribution in [0, 0.1) is 74.9 Å². The zero-order valence-electron chi connectivity index (χ0n) is 25.0. The normalized spacial score (nSPS) is 33.6. The number of nitrogens with one attached hydrogen (secondary N) is 1. The van der Waals surface area contributed by atoms with E-state index in [0.29, 0.717) is 23.8 Å². The number of aliphatic hydroxyl groups is 1. The summed E-state index contributed by atoms with van der Waals surface area (Å²) < 4.78 is 7.42. The van der Waals surface area contributed by atoms with Crippen molar-refractivity contribution in [3.05, 3.63) is 29.7 Å². The van der Waals surface area contributed by atoms with Crippen molar-refractivity contribution in [1.82, 2.24) is 9.78 Å². The highest BCUT2D eigenvalue weighted by molar-refractivity contribution is 5.82. The van der Waals surface area contributed by atoms with Crippen LogP contribution in [0.2, 0.25) is 0 Å². The molecule has 0 saturated heterocycles. The van der Waals surface area contributed by atoms with Gasteiger partial charge in [0.25, 0.3) is 0 Å². The van der Waals surface area contributed by atoms with Gasteiger partial charge in [0.1, 0.15) is 12.1 Å². The number of carbonyl (C=O) groups is 1. The van der Waals surface area contributed by atoms with Crippen LogP contribution in [0.4, 0.5) is 0 Å². The zero-order chi connectivity index (χ0) is 30.0. The maximum atomic E-state index is 13.3. The Labute approximate surface area is 245 Å². The van der Waals surface area contributed by atoms with Gasteiger partial charge in [-0.3, -0.25) is 9.48 Å². The molecular formula is C32H48N6O3. The fraction of sp³-hybridized carbons (Fsp3) is 0.719. The number of nitrogens with zero attached hydrogens (tertiary/aromatic N) is 4. The number of nitrogens with two attached hydrogens (primary N) is 1. The summed E-state index contributed by atoms with van der Waals surface area (Å²) in [6.07, 6.45) is 16.9. The number of nitriles is 2. The topological polar surface area (TPSA) is 162 Å². The monoisotopic (exact) mass is 564 g/mol. The van der Waals surface area contributed by atoms with Gasteiger partial charge in [-0.25, -0.2) is 0 Å². The van der Waals surface area contributed by atoms with Gasteiger partial charge < -0.3 is 21.0 Å². The Morgan fingerprint density at radius 3 is 2.56 bits per heavy atom. The Balaban J connectivity index is 0.000000452. The van der Waals surface area contributed by atoms with E-state index in [2.05, 4.69) is 25.0 Å². The van der Waals surface area contributed by atoms with E-state index >= 15 is 0 Å². The van der Waals surface area contributed by atoms with Gasteiger partial charge in [-0.1, -0.05) is 6.92 Å². The molecule has 4 aliphatic rings. The van der Waals surface area contributed by atoms with Crippen LogP contribution in [0.1, 0.15) is 77.2 Å². The summed E-state index contributed by atoms with van der Waals surface area (Å²) in [6.45, 7) is 6.65. The average molecular weight is 565 g/mol. The minimum Gasteiger partial charge on any atom is -0.403 e. The summed E-state index contributed by atoms with van der Waals surface area (Å²) in [7, 11) is 1.00. The largest absolute Gasteiger partial charge is 0.403 e. The lowest BCUT2D eigenvalue weighted by Crippen LogP contribution is -2.49. The highest BCUT2D eigenvalue weighted by Gasteiger charge is 2.58. The van der Waals surface area contributed by atoms with Crippen LogP contribution < -0.4 is 5.73 Å². The Kier molecular flexibility index (Phi) is 12.1. The third-order valence-corrected chi connectivity index (χ3v) is 10.6. The van der Waals surface area contributed by atoms with Crippen molar-refractivity contribution in [2.45, 2.75) is 78.2 Å². The average Bonchev–Trinajstić information content (AvgIpc) is 3.61. The Morgan fingerprint density at radius 1 is 1.20 bits per heavy atom. The van der Waals surface area contributed by atoms with E-state index in [0.717, 1.165) is 68.7 Å².